The lowest BCUT2D eigenvalue weighted by Gasteiger charge is -2.06. The third kappa shape index (κ3) is 6.37. The number of aromatic nitrogens is 2. The van der Waals surface area contributed by atoms with Gasteiger partial charge in [-0.2, -0.15) is 8.37 Å². The van der Waals surface area contributed by atoms with Crippen LogP contribution in [0, 0.1) is 0 Å². The van der Waals surface area contributed by atoms with E-state index in [-0.39, 0.29) is 0 Å². The fraction of sp³-hybridized carbons (Fsp3) is 0.120. The Kier molecular flexibility index (Phi) is 7.67. The van der Waals surface area contributed by atoms with Gasteiger partial charge in [-0.1, -0.05) is 80.7 Å². The van der Waals surface area contributed by atoms with E-state index in [1.807, 2.05) is 60.7 Å². The first kappa shape index (κ1) is 24.7. The van der Waals surface area contributed by atoms with Crippen LogP contribution in [0.5, 0.6) is 0 Å². The Hall–Kier alpha value is -3.44. The second kappa shape index (κ2) is 10.9. The van der Waals surface area contributed by atoms with E-state index in [9.17, 15) is 16.8 Å². The van der Waals surface area contributed by atoms with Crippen molar-refractivity contribution in [3.8, 4) is 0 Å². The molecule has 2 aromatic heterocycles. The number of hydrogen-bond acceptors (Lipinski definition) is 6. The highest BCUT2D eigenvalue weighted by atomic mass is 32.2. The lowest BCUT2D eigenvalue weighted by Crippen LogP contribution is -2.49. The molecule has 0 saturated heterocycles. The lowest BCUT2D eigenvalue weighted by atomic mass is 10.1. The molecule has 0 aliphatic carbocycles. The van der Waals surface area contributed by atoms with Gasteiger partial charge in [0, 0.05) is 24.3 Å². The summed E-state index contributed by atoms with van der Waals surface area (Å²) in [4.78, 5) is 0. The Morgan fingerprint density at radius 2 is 0.886 bits per heavy atom. The summed E-state index contributed by atoms with van der Waals surface area (Å²) in [6.45, 7) is -1.01. The molecule has 0 N–H and O–H groups in total. The summed E-state index contributed by atoms with van der Waals surface area (Å²) in [6.07, 6.45) is 3.36. The Labute approximate surface area is 205 Å². The Morgan fingerprint density at radius 1 is 0.514 bits per heavy atom. The molecule has 0 amide bonds. The molecule has 4 aromatic rings. The molecule has 0 radical (unpaired) electrons. The van der Waals surface area contributed by atoms with Crippen LogP contribution < -0.4 is 7.94 Å². The van der Waals surface area contributed by atoms with Crippen LogP contribution in [0.4, 0.5) is 0 Å². The Morgan fingerprint density at radius 3 is 1.29 bits per heavy atom. The van der Waals surface area contributed by atoms with Crippen LogP contribution in [0.1, 0.15) is 22.5 Å². The van der Waals surface area contributed by atoms with E-state index in [1.165, 1.54) is 12.4 Å². The standard InChI is InChI=1S/C25H24N2O6S2/c28-34(29,26-17-9-7-15-24(26)19-22-11-3-1-4-12-22)32-21-33-35(30,31)27-18-10-8-16-25(27)20-23-13-5-2-6-14-23/h1-18H,19-21H2/q+2. The zero-order chi connectivity index (χ0) is 24.7. The normalized spacial score (nSPS) is 11.9. The zero-order valence-electron chi connectivity index (χ0n) is 18.7. The second-order valence-corrected chi connectivity index (χ2v) is 10.5. The molecule has 0 unspecified atom stereocenters. The van der Waals surface area contributed by atoms with Crippen molar-refractivity contribution in [1.82, 2.24) is 0 Å². The topological polar surface area (TPSA) is 94.5 Å². The van der Waals surface area contributed by atoms with Crippen molar-refractivity contribution in [2.75, 3.05) is 6.79 Å². The summed E-state index contributed by atoms with van der Waals surface area (Å²) < 4.78 is 63.1. The monoisotopic (exact) mass is 512 g/mol. The molecular weight excluding hydrogens is 488 g/mol. The van der Waals surface area contributed by atoms with Crippen LogP contribution in [-0.4, -0.2) is 23.6 Å². The average Bonchev–Trinajstić information content (AvgIpc) is 2.85. The van der Waals surface area contributed by atoms with Crippen LogP contribution >= 0.6 is 0 Å². The number of nitrogens with zero attached hydrogens (tertiary/aromatic N) is 2. The van der Waals surface area contributed by atoms with E-state index >= 15 is 0 Å². The molecule has 0 bridgehead atoms. The highest BCUT2D eigenvalue weighted by Crippen LogP contribution is 2.09. The first-order chi connectivity index (χ1) is 16.9. The SMILES string of the molecule is O=S(=O)(OCOS(=O)(=O)[n+]1ccccc1Cc1ccccc1)[n+]1ccccc1Cc1ccccc1. The van der Waals surface area contributed by atoms with Crippen molar-refractivity contribution in [3.05, 3.63) is 132 Å². The van der Waals surface area contributed by atoms with Crippen LogP contribution in [-0.2, 0) is 41.8 Å². The van der Waals surface area contributed by atoms with Gasteiger partial charge in [0.1, 0.15) is 0 Å². The first-order valence-corrected chi connectivity index (χ1v) is 13.4. The molecule has 8 nitrogen and oxygen atoms in total. The van der Waals surface area contributed by atoms with Crippen LogP contribution in [0.2, 0.25) is 0 Å². The van der Waals surface area contributed by atoms with Gasteiger partial charge in [0.2, 0.25) is 11.4 Å². The average molecular weight is 513 g/mol. The Bertz CT molecular complexity index is 1380. The minimum Gasteiger partial charge on any atom is -0.187 e. The van der Waals surface area contributed by atoms with E-state index in [0.29, 0.717) is 24.2 Å². The minimum absolute atomic E-state index is 0.339. The molecule has 0 aliphatic heterocycles. The summed E-state index contributed by atoms with van der Waals surface area (Å²) in [5.41, 5.74) is 2.72. The molecule has 0 saturated carbocycles. The predicted molar refractivity (Wildman–Crippen MR) is 127 cm³/mol. The molecule has 0 atom stereocenters. The molecule has 0 aliphatic rings. The van der Waals surface area contributed by atoms with E-state index < -0.39 is 27.4 Å². The van der Waals surface area contributed by atoms with Crippen LogP contribution in [0.15, 0.2) is 109 Å². The molecule has 2 heterocycles. The maximum absolute atomic E-state index is 12.8. The quantitative estimate of drug-likeness (QED) is 0.239. The number of benzene rings is 2. The van der Waals surface area contributed by atoms with Crippen molar-refractivity contribution in [3.63, 3.8) is 0 Å². The van der Waals surface area contributed by atoms with Gasteiger partial charge < -0.3 is 0 Å². The van der Waals surface area contributed by atoms with Gasteiger partial charge >= 0.3 is 20.6 Å². The van der Waals surface area contributed by atoms with Gasteiger partial charge in [0.05, 0.1) is 12.8 Å². The summed E-state index contributed by atoms with van der Waals surface area (Å²) in [5.74, 6) is 0. The zero-order valence-corrected chi connectivity index (χ0v) is 20.3. The van der Waals surface area contributed by atoms with E-state index in [0.717, 1.165) is 19.1 Å². The summed E-state index contributed by atoms with van der Waals surface area (Å²) in [6, 6.07) is 28.5. The fourth-order valence-electron chi connectivity index (χ4n) is 3.50. The van der Waals surface area contributed by atoms with Gasteiger partial charge in [-0.05, 0) is 11.1 Å². The molecule has 35 heavy (non-hydrogen) atoms. The highest BCUT2D eigenvalue weighted by Gasteiger charge is 2.32. The number of hydrogen-bond donors (Lipinski definition) is 0. The maximum Gasteiger partial charge on any atom is 0.516 e. The molecule has 0 fully saturated rings. The number of rotatable bonds is 10. The highest BCUT2D eigenvalue weighted by molar-refractivity contribution is 7.80. The Balaban J connectivity index is 1.48. The maximum atomic E-state index is 12.8. The predicted octanol–water partition coefficient (Wildman–Crippen LogP) is 2.32. The summed E-state index contributed by atoms with van der Waals surface area (Å²) >= 11 is 0. The molecule has 180 valence electrons. The molecule has 2 aromatic carbocycles. The van der Waals surface area contributed by atoms with Crippen molar-refractivity contribution in [1.29, 1.82) is 0 Å². The van der Waals surface area contributed by atoms with Gasteiger partial charge in [0.25, 0.3) is 0 Å². The summed E-state index contributed by atoms with van der Waals surface area (Å²) in [7, 11) is -8.71. The van der Waals surface area contributed by atoms with E-state index in [1.54, 1.807) is 36.4 Å². The van der Waals surface area contributed by atoms with Crippen molar-refractivity contribution >= 4 is 20.6 Å². The third-order valence-corrected chi connectivity index (χ3v) is 7.60. The van der Waals surface area contributed by atoms with Crippen molar-refractivity contribution < 1.29 is 33.1 Å². The van der Waals surface area contributed by atoms with E-state index in [2.05, 4.69) is 0 Å². The first-order valence-electron chi connectivity index (χ1n) is 10.7. The molecule has 10 heteroatoms. The van der Waals surface area contributed by atoms with Gasteiger partial charge in [-0.25, -0.2) is 0 Å². The van der Waals surface area contributed by atoms with Gasteiger partial charge in [-0.3, -0.25) is 0 Å². The fourth-order valence-corrected chi connectivity index (χ4v) is 5.39. The van der Waals surface area contributed by atoms with Gasteiger partial charge in [-0.15, -0.1) is 16.8 Å². The molecule has 4 rings (SSSR count). The van der Waals surface area contributed by atoms with Crippen LogP contribution in [0.25, 0.3) is 0 Å². The molecular formula is C25H24N2O6S2+2. The largest absolute Gasteiger partial charge is 0.516 e. The third-order valence-electron chi connectivity index (χ3n) is 5.14. The second-order valence-electron chi connectivity index (χ2n) is 7.57. The van der Waals surface area contributed by atoms with Crippen molar-refractivity contribution in [2.45, 2.75) is 12.8 Å². The van der Waals surface area contributed by atoms with Crippen LogP contribution in [0.3, 0.4) is 0 Å². The smallest absolute Gasteiger partial charge is 0.187 e. The minimum atomic E-state index is -4.36. The van der Waals surface area contributed by atoms with Gasteiger partial charge in [0.15, 0.2) is 19.2 Å². The summed E-state index contributed by atoms with van der Waals surface area (Å²) in [5, 5.41) is 0. The lowest BCUT2D eigenvalue weighted by molar-refractivity contribution is -0.533. The van der Waals surface area contributed by atoms with E-state index in [4.69, 9.17) is 8.37 Å². The van der Waals surface area contributed by atoms with Crippen molar-refractivity contribution in [2.24, 2.45) is 0 Å². The molecule has 0 spiro atoms. The number of pyridine rings is 2.